The molecule has 0 fully saturated rings. The molecule has 3 heteroatoms. The molecule has 0 saturated carbocycles. The van der Waals surface area contributed by atoms with Crippen LogP contribution < -0.4 is 0 Å². The summed E-state index contributed by atoms with van der Waals surface area (Å²) >= 11 is 0. The molecule has 1 atom stereocenters. The van der Waals surface area contributed by atoms with Gasteiger partial charge >= 0.3 is 0 Å². The molecule has 0 amide bonds. The second-order valence-electron chi connectivity index (χ2n) is 2.26. The molecule has 1 N–H and O–H groups in total. The van der Waals surface area contributed by atoms with Gasteiger partial charge in [0.25, 0.3) is 0 Å². The van der Waals surface area contributed by atoms with Crippen molar-refractivity contribution in [2.45, 2.75) is 12.5 Å². The molecule has 0 spiro atoms. The van der Waals surface area contributed by atoms with Gasteiger partial charge in [-0.05, 0) is 0 Å². The Bertz CT molecular complexity index is 165. The number of hydrogen-bond donors (Lipinski definition) is 0. The summed E-state index contributed by atoms with van der Waals surface area (Å²) in [6.07, 6.45) is 12.1. The fourth-order valence-electron chi connectivity index (χ4n) is 0.637. The predicted octanol–water partition coefficient (Wildman–Crippen LogP) is 2.28. The van der Waals surface area contributed by atoms with Crippen molar-refractivity contribution in [3.8, 4) is 0 Å². The van der Waals surface area contributed by atoms with Crippen molar-refractivity contribution in [2.75, 3.05) is 0 Å². The van der Waals surface area contributed by atoms with Gasteiger partial charge in [-0.25, -0.2) is 12.2 Å². The summed E-state index contributed by atoms with van der Waals surface area (Å²) in [7, 11) is 0. The van der Waals surface area contributed by atoms with Crippen molar-refractivity contribution in [2.24, 2.45) is 0 Å². The van der Waals surface area contributed by atoms with Crippen LogP contribution in [0.2, 0.25) is 0 Å². The van der Waals surface area contributed by atoms with Gasteiger partial charge in [-0.1, -0.05) is 13.0 Å². The fourth-order valence-corrected chi connectivity index (χ4v) is 0.637. The Morgan fingerprint density at radius 1 is 1.27 bits per heavy atom. The van der Waals surface area contributed by atoms with Crippen LogP contribution in [0.1, 0.15) is 6.92 Å². The first-order valence-corrected chi connectivity index (χ1v) is 2.91. The first-order chi connectivity index (χ1) is 4.21. The summed E-state index contributed by atoms with van der Waals surface area (Å²) < 4.78 is 0. The van der Waals surface area contributed by atoms with E-state index in [0.717, 1.165) is 0 Å². The molecule has 1 rings (SSSR count). The number of rotatable bonds is 0. The average molecular weight is 392 g/mol. The van der Waals surface area contributed by atoms with Crippen LogP contribution in [0.5, 0.6) is 0 Å². The molecule has 1 aliphatic rings. The van der Waals surface area contributed by atoms with Gasteiger partial charge in [-0.2, -0.15) is 5.54 Å². The van der Waals surface area contributed by atoms with Gasteiger partial charge in [0, 0.05) is 53.8 Å². The van der Waals surface area contributed by atoms with Gasteiger partial charge < -0.3 is 5.73 Å². The minimum Gasteiger partial charge on any atom is -0.681 e. The maximum atomic E-state index is 7.50. The Hall–Kier alpha value is 0.972. The van der Waals surface area contributed by atoms with Crippen molar-refractivity contribution in [3.63, 3.8) is 0 Å². The molecular formula is C8H9NWY-2. The molecule has 0 heterocycles. The number of allylic oxidation sites excluding steroid dienone is 4. The smallest absolute Gasteiger partial charge is 0 e. The number of nitrogens with one attached hydrogen (secondary N) is 1. The monoisotopic (exact) mass is 392 g/mol. The third-order valence-electron chi connectivity index (χ3n) is 1.13. The maximum Gasteiger partial charge on any atom is 0 e. The zero-order valence-corrected chi connectivity index (χ0v) is 12.1. The van der Waals surface area contributed by atoms with E-state index < -0.39 is 5.54 Å². The van der Waals surface area contributed by atoms with Gasteiger partial charge in [0.15, 0.2) is 0 Å². The van der Waals surface area contributed by atoms with Gasteiger partial charge in [0.05, 0.1) is 0 Å². The molecule has 11 heavy (non-hydrogen) atoms. The van der Waals surface area contributed by atoms with Crippen LogP contribution in [0, 0.1) is 6.08 Å². The Labute approximate surface area is 107 Å². The summed E-state index contributed by atoms with van der Waals surface area (Å²) in [6.45, 7) is 1.80. The number of hydrogen-bond acceptors (Lipinski definition) is 0. The van der Waals surface area contributed by atoms with Crippen molar-refractivity contribution >= 4 is 0 Å². The van der Waals surface area contributed by atoms with Crippen LogP contribution in [-0.2, 0) is 53.8 Å². The second-order valence-corrected chi connectivity index (χ2v) is 2.26. The van der Waals surface area contributed by atoms with Gasteiger partial charge in [-0.15, -0.1) is 12.2 Å². The fraction of sp³-hybridized carbons (Fsp3) is 0.250. The largest absolute Gasteiger partial charge is 0.681 e. The summed E-state index contributed by atoms with van der Waals surface area (Å²) in [6, 6.07) is 0. The van der Waals surface area contributed by atoms with Crippen LogP contribution in [0.4, 0.5) is 0 Å². The first kappa shape index (κ1) is 14.5. The minimum atomic E-state index is -0.635. The Morgan fingerprint density at radius 2 is 1.91 bits per heavy atom. The SMILES string of the molecule is CC1([NH-])[C-]=CC=CC=C1.[W].[Y]. The van der Waals surface area contributed by atoms with Gasteiger partial charge in [0.2, 0.25) is 0 Å². The molecule has 0 saturated heterocycles. The molecule has 1 aliphatic carbocycles. The third-order valence-corrected chi connectivity index (χ3v) is 1.13. The molecule has 0 aliphatic heterocycles. The van der Waals surface area contributed by atoms with E-state index in [-0.39, 0.29) is 53.8 Å². The van der Waals surface area contributed by atoms with E-state index in [4.69, 9.17) is 5.73 Å². The molecule has 0 aromatic carbocycles. The van der Waals surface area contributed by atoms with Crippen LogP contribution in [0.15, 0.2) is 30.4 Å². The van der Waals surface area contributed by atoms with E-state index in [2.05, 4.69) is 6.08 Å². The standard InChI is InChI=1S/C8H9N.W.Y/c1-8(9)6-4-2-3-5-7-8;;/h2-6,9H,1H3;;/q-2;;. The van der Waals surface area contributed by atoms with E-state index in [9.17, 15) is 0 Å². The van der Waals surface area contributed by atoms with Crippen molar-refractivity contribution in [1.29, 1.82) is 0 Å². The third kappa shape index (κ3) is 6.16. The zero-order valence-electron chi connectivity index (χ0n) is 6.37. The van der Waals surface area contributed by atoms with E-state index in [1.807, 2.05) is 18.2 Å². The Kier molecular flexibility index (Phi) is 8.54. The predicted molar refractivity (Wildman–Crippen MR) is 38.8 cm³/mol. The quantitative estimate of drug-likeness (QED) is 0.566. The van der Waals surface area contributed by atoms with Crippen molar-refractivity contribution in [1.82, 2.24) is 0 Å². The van der Waals surface area contributed by atoms with Crippen molar-refractivity contribution in [3.05, 3.63) is 42.2 Å². The van der Waals surface area contributed by atoms with Gasteiger partial charge in [-0.3, -0.25) is 6.08 Å². The molecule has 0 aromatic heterocycles. The molecule has 1 nitrogen and oxygen atoms in total. The van der Waals surface area contributed by atoms with Crippen LogP contribution >= 0.6 is 0 Å². The second kappa shape index (κ2) is 6.48. The van der Waals surface area contributed by atoms with E-state index in [1.165, 1.54) is 0 Å². The first-order valence-electron chi connectivity index (χ1n) is 2.91. The zero-order chi connectivity index (χ0) is 6.74. The molecule has 1 unspecified atom stereocenters. The minimum absolute atomic E-state index is 0. The van der Waals surface area contributed by atoms with Crippen LogP contribution in [0.25, 0.3) is 5.73 Å². The van der Waals surface area contributed by atoms with E-state index in [0.29, 0.717) is 0 Å². The van der Waals surface area contributed by atoms with Gasteiger partial charge in [0.1, 0.15) is 0 Å². The molecule has 1 radical (unpaired) electrons. The van der Waals surface area contributed by atoms with E-state index in [1.54, 1.807) is 19.1 Å². The average Bonchev–Trinajstić information content (AvgIpc) is 1.92. The van der Waals surface area contributed by atoms with E-state index >= 15 is 0 Å². The molecule has 57 valence electrons. The van der Waals surface area contributed by atoms with Crippen LogP contribution in [0.3, 0.4) is 0 Å². The summed E-state index contributed by atoms with van der Waals surface area (Å²) in [5.74, 6) is 0. The normalized spacial score (nSPS) is 26.7. The maximum absolute atomic E-state index is 7.50. The summed E-state index contributed by atoms with van der Waals surface area (Å²) in [5, 5.41) is 0. The molecule has 0 bridgehead atoms. The van der Waals surface area contributed by atoms with Crippen LogP contribution in [-0.4, -0.2) is 5.54 Å². The molecular weight excluding hydrogens is 383 g/mol. The Balaban J connectivity index is 0. The Morgan fingerprint density at radius 3 is 2.55 bits per heavy atom. The topological polar surface area (TPSA) is 23.8 Å². The summed E-state index contributed by atoms with van der Waals surface area (Å²) in [4.78, 5) is 0. The molecule has 0 aromatic rings. The summed E-state index contributed by atoms with van der Waals surface area (Å²) in [5.41, 5.74) is 6.86. The van der Waals surface area contributed by atoms with Crippen molar-refractivity contribution < 1.29 is 53.8 Å².